The van der Waals surface area contributed by atoms with Crippen molar-refractivity contribution in [3.05, 3.63) is 60.0 Å². The average Bonchev–Trinajstić information content (AvgIpc) is 2.83. The number of aryl methyl sites for hydroxylation is 1. The summed E-state index contributed by atoms with van der Waals surface area (Å²) in [4.78, 5) is 30.1. The van der Waals surface area contributed by atoms with Gasteiger partial charge in [-0.05, 0) is 36.8 Å². The smallest absolute Gasteiger partial charge is 0.257 e. The lowest BCUT2D eigenvalue weighted by molar-refractivity contribution is 0.0742. The van der Waals surface area contributed by atoms with Crippen molar-refractivity contribution < 1.29 is 14.3 Å². The molecule has 9 heteroatoms. The zero-order valence-corrected chi connectivity index (χ0v) is 18.4. The summed E-state index contributed by atoms with van der Waals surface area (Å²) < 4.78 is 10.7. The Kier molecular flexibility index (Phi) is 6.34. The number of hydrogen-bond donors (Lipinski definition) is 1. The lowest BCUT2D eigenvalue weighted by Gasteiger charge is -2.35. The molecule has 4 rings (SSSR count). The van der Waals surface area contributed by atoms with Gasteiger partial charge in [-0.2, -0.15) is 0 Å². The highest BCUT2D eigenvalue weighted by molar-refractivity contribution is 5.98. The maximum Gasteiger partial charge on any atom is 0.257 e. The van der Waals surface area contributed by atoms with Crippen LogP contribution in [-0.4, -0.2) is 66.2 Å². The number of piperazine rings is 1. The van der Waals surface area contributed by atoms with Gasteiger partial charge in [-0.25, -0.2) is 15.0 Å². The van der Waals surface area contributed by atoms with E-state index in [1.807, 2.05) is 30.0 Å². The number of rotatable bonds is 6. The Morgan fingerprint density at radius 3 is 2.47 bits per heavy atom. The van der Waals surface area contributed by atoms with Crippen LogP contribution >= 0.6 is 0 Å². The fourth-order valence-corrected chi connectivity index (χ4v) is 3.69. The van der Waals surface area contributed by atoms with E-state index in [0.29, 0.717) is 49.1 Å². The van der Waals surface area contributed by atoms with Gasteiger partial charge in [0.15, 0.2) is 11.5 Å². The number of nitrogens with zero attached hydrogens (tertiary/aromatic N) is 5. The second kappa shape index (κ2) is 9.51. The van der Waals surface area contributed by atoms with Gasteiger partial charge < -0.3 is 24.6 Å². The highest BCUT2D eigenvalue weighted by Gasteiger charge is 2.26. The predicted octanol–water partition coefficient (Wildman–Crippen LogP) is 2.90. The van der Waals surface area contributed by atoms with Crippen molar-refractivity contribution in [3.63, 3.8) is 0 Å². The molecule has 1 amide bonds. The summed E-state index contributed by atoms with van der Waals surface area (Å²) in [5, 5.41) is 3.22. The summed E-state index contributed by atoms with van der Waals surface area (Å²) >= 11 is 0. The van der Waals surface area contributed by atoms with Gasteiger partial charge in [-0.3, -0.25) is 4.79 Å². The van der Waals surface area contributed by atoms with Crippen LogP contribution in [0.5, 0.6) is 11.5 Å². The number of para-hydroxylation sites is 1. The van der Waals surface area contributed by atoms with Crippen LogP contribution in [0.25, 0.3) is 0 Å². The summed E-state index contributed by atoms with van der Waals surface area (Å²) in [6, 6.07) is 11.1. The highest BCUT2D eigenvalue weighted by atomic mass is 16.5. The lowest BCUT2D eigenvalue weighted by Crippen LogP contribution is -2.49. The van der Waals surface area contributed by atoms with Crippen LogP contribution in [0.15, 0.2) is 48.9 Å². The number of pyridine rings is 1. The first-order valence-corrected chi connectivity index (χ1v) is 10.4. The maximum atomic E-state index is 13.1. The summed E-state index contributed by atoms with van der Waals surface area (Å²) in [5.74, 6) is 3.14. The van der Waals surface area contributed by atoms with E-state index in [2.05, 4.69) is 25.2 Å². The quantitative estimate of drug-likeness (QED) is 0.633. The van der Waals surface area contributed by atoms with Crippen LogP contribution in [-0.2, 0) is 0 Å². The Morgan fingerprint density at radius 1 is 0.969 bits per heavy atom. The minimum atomic E-state index is -0.0732. The van der Waals surface area contributed by atoms with Gasteiger partial charge in [0.25, 0.3) is 5.91 Å². The minimum Gasteiger partial charge on any atom is -0.493 e. The van der Waals surface area contributed by atoms with Crippen LogP contribution in [0.2, 0.25) is 0 Å². The Hall–Kier alpha value is -3.88. The molecule has 1 aromatic carbocycles. The number of methoxy groups -OCH3 is 2. The summed E-state index contributed by atoms with van der Waals surface area (Å²) in [5.41, 5.74) is 1.62. The van der Waals surface area contributed by atoms with Crippen molar-refractivity contribution >= 4 is 23.4 Å². The second-order valence-corrected chi connectivity index (χ2v) is 7.43. The molecular weight excluding hydrogens is 408 g/mol. The third kappa shape index (κ3) is 4.56. The molecule has 0 bridgehead atoms. The lowest BCUT2D eigenvalue weighted by atomic mass is 10.1. The zero-order valence-electron chi connectivity index (χ0n) is 18.4. The maximum absolute atomic E-state index is 13.1. The number of hydrogen-bond acceptors (Lipinski definition) is 8. The van der Waals surface area contributed by atoms with E-state index in [4.69, 9.17) is 9.47 Å². The molecule has 9 nitrogen and oxygen atoms in total. The van der Waals surface area contributed by atoms with Crippen molar-refractivity contribution in [1.82, 2.24) is 19.9 Å². The first-order chi connectivity index (χ1) is 15.6. The molecule has 0 saturated carbocycles. The molecule has 0 atom stereocenters. The average molecular weight is 435 g/mol. The molecule has 1 N–H and O–H groups in total. The molecule has 3 aromatic rings. The van der Waals surface area contributed by atoms with Gasteiger partial charge in [-0.1, -0.05) is 6.07 Å². The molecule has 0 aliphatic carbocycles. The summed E-state index contributed by atoms with van der Waals surface area (Å²) in [6.45, 7) is 4.49. The number of carbonyl (C=O) groups excluding carboxylic acids is 1. The van der Waals surface area contributed by atoms with Crippen LogP contribution in [0, 0.1) is 6.92 Å². The van der Waals surface area contributed by atoms with Crippen LogP contribution in [0.4, 0.5) is 17.5 Å². The molecule has 2 aromatic heterocycles. The molecule has 1 fully saturated rings. The highest BCUT2D eigenvalue weighted by Crippen LogP contribution is 2.32. The minimum absolute atomic E-state index is 0.0732. The van der Waals surface area contributed by atoms with E-state index in [-0.39, 0.29) is 5.91 Å². The fourth-order valence-electron chi connectivity index (χ4n) is 3.69. The Balaban J connectivity index is 1.42. The topological polar surface area (TPSA) is 92.7 Å². The Morgan fingerprint density at radius 2 is 1.75 bits per heavy atom. The molecule has 1 aliphatic rings. The van der Waals surface area contributed by atoms with Gasteiger partial charge in [-0.15, -0.1) is 0 Å². The number of carbonyl (C=O) groups is 1. The van der Waals surface area contributed by atoms with Gasteiger partial charge in [0.2, 0.25) is 0 Å². The first kappa shape index (κ1) is 21.4. The summed E-state index contributed by atoms with van der Waals surface area (Å²) in [7, 11) is 3.10. The van der Waals surface area contributed by atoms with Gasteiger partial charge in [0, 0.05) is 38.4 Å². The van der Waals surface area contributed by atoms with Crippen molar-refractivity contribution in [3.8, 4) is 11.5 Å². The van der Waals surface area contributed by atoms with Crippen molar-refractivity contribution in [2.75, 3.05) is 50.6 Å². The van der Waals surface area contributed by atoms with Crippen LogP contribution < -0.4 is 19.7 Å². The first-order valence-electron chi connectivity index (χ1n) is 10.4. The molecule has 0 spiro atoms. The third-order valence-electron chi connectivity index (χ3n) is 5.35. The van der Waals surface area contributed by atoms with E-state index < -0.39 is 0 Å². The molecule has 1 saturated heterocycles. The van der Waals surface area contributed by atoms with E-state index in [0.717, 1.165) is 17.2 Å². The number of nitrogens with one attached hydrogen (secondary N) is 1. The number of ether oxygens (including phenoxy) is 2. The van der Waals surface area contributed by atoms with E-state index in [1.165, 1.54) is 6.33 Å². The van der Waals surface area contributed by atoms with E-state index in [9.17, 15) is 4.79 Å². The number of benzene rings is 1. The number of aromatic nitrogens is 3. The molecule has 32 heavy (non-hydrogen) atoms. The van der Waals surface area contributed by atoms with Gasteiger partial charge in [0.05, 0.1) is 19.8 Å². The van der Waals surface area contributed by atoms with Crippen molar-refractivity contribution in [2.45, 2.75) is 6.92 Å². The monoisotopic (exact) mass is 434 g/mol. The second-order valence-electron chi connectivity index (χ2n) is 7.43. The van der Waals surface area contributed by atoms with E-state index >= 15 is 0 Å². The van der Waals surface area contributed by atoms with Crippen LogP contribution in [0.1, 0.15) is 15.9 Å². The SMILES string of the molecule is COc1cccc(C(=O)N2CCN(c3cc(Nc4cc(C)ccn4)ncn3)CC2)c1OC. The number of anilines is 3. The normalized spacial score (nSPS) is 13.6. The molecule has 0 unspecified atom stereocenters. The largest absolute Gasteiger partial charge is 0.493 e. The van der Waals surface area contributed by atoms with Crippen LogP contribution in [0.3, 0.4) is 0 Å². The van der Waals surface area contributed by atoms with E-state index in [1.54, 1.807) is 38.6 Å². The predicted molar refractivity (Wildman–Crippen MR) is 122 cm³/mol. The van der Waals surface area contributed by atoms with Gasteiger partial charge >= 0.3 is 0 Å². The van der Waals surface area contributed by atoms with Crippen molar-refractivity contribution in [2.24, 2.45) is 0 Å². The molecule has 1 aliphatic heterocycles. The van der Waals surface area contributed by atoms with Crippen molar-refractivity contribution in [1.29, 1.82) is 0 Å². The van der Waals surface area contributed by atoms with Gasteiger partial charge in [0.1, 0.15) is 23.8 Å². The Labute approximate surface area is 187 Å². The number of amides is 1. The molecular formula is C23H26N6O3. The fraction of sp³-hybridized carbons (Fsp3) is 0.304. The summed E-state index contributed by atoms with van der Waals surface area (Å²) in [6.07, 6.45) is 3.29. The third-order valence-corrected chi connectivity index (χ3v) is 5.35. The standard InChI is InChI=1S/C23H26N6O3/c1-16-7-8-24-19(13-16)27-20-14-21(26-15-25-20)28-9-11-29(12-10-28)23(30)17-5-4-6-18(31-2)22(17)32-3/h4-8,13-15H,9-12H2,1-3H3,(H,24,25,26,27). The molecule has 3 heterocycles. The molecule has 166 valence electrons. The molecule has 0 radical (unpaired) electrons. The Bertz CT molecular complexity index is 1100. The zero-order chi connectivity index (χ0) is 22.5.